The lowest BCUT2D eigenvalue weighted by molar-refractivity contribution is -0.124. The highest BCUT2D eigenvalue weighted by atomic mass is 16.2. The Bertz CT molecular complexity index is 1140. The molecule has 3 aromatic carbocycles. The quantitative estimate of drug-likeness (QED) is 0.659. The van der Waals surface area contributed by atoms with Crippen LogP contribution in [0.4, 0.5) is 4.79 Å². The molecule has 0 aliphatic carbocycles. The summed E-state index contributed by atoms with van der Waals surface area (Å²) in [4.78, 5) is 27.2. The molecule has 1 saturated heterocycles. The van der Waals surface area contributed by atoms with Gasteiger partial charge in [0.1, 0.15) is 0 Å². The van der Waals surface area contributed by atoms with Crippen molar-refractivity contribution in [1.82, 2.24) is 15.5 Å². The number of nitrogens with one attached hydrogen (secondary N) is 2. The number of hydrogen-bond acceptors (Lipinski definition) is 2. The molecule has 0 bridgehead atoms. The van der Waals surface area contributed by atoms with Crippen LogP contribution in [-0.4, -0.2) is 29.9 Å². The normalized spacial score (nSPS) is 18.4. The van der Waals surface area contributed by atoms with Crippen molar-refractivity contribution in [3.63, 3.8) is 0 Å². The topological polar surface area (TPSA) is 61.4 Å². The van der Waals surface area contributed by atoms with E-state index in [4.69, 9.17) is 0 Å². The van der Waals surface area contributed by atoms with E-state index in [1.807, 2.05) is 48.2 Å². The van der Waals surface area contributed by atoms with Crippen LogP contribution < -0.4 is 10.6 Å². The minimum Gasteiger partial charge on any atom is -0.346 e. The fourth-order valence-electron chi connectivity index (χ4n) is 5.16. The minimum atomic E-state index is -0.357. The van der Waals surface area contributed by atoms with Crippen molar-refractivity contribution in [2.75, 3.05) is 13.1 Å². The molecule has 31 heavy (non-hydrogen) atoms. The Morgan fingerprint density at radius 2 is 1.71 bits per heavy atom. The third kappa shape index (κ3) is 3.54. The second-order valence-electron chi connectivity index (χ2n) is 8.69. The Hall–Kier alpha value is -3.34. The lowest BCUT2D eigenvalue weighted by Gasteiger charge is -2.45. The Morgan fingerprint density at radius 3 is 2.55 bits per heavy atom. The van der Waals surface area contributed by atoms with Gasteiger partial charge in [0, 0.05) is 13.1 Å². The number of hydrogen-bond donors (Lipinski definition) is 2. The summed E-state index contributed by atoms with van der Waals surface area (Å²) in [6.45, 7) is 3.26. The Labute approximate surface area is 182 Å². The van der Waals surface area contributed by atoms with Crippen LogP contribution in [0.25, 0.3) is 10.8 Å². The Morgan fingerprint density at radius 1 is 1.00 bits per heavy atom. The number of fused-ring (bicyclic) bond motifs is 3. The van der Waals surface area contributed by atoms with Gasteiger partial charge in [-0.3, -0.25) is 4.79 Å². The summed E-state index contributed by atoms with van der Waals surface area (Å²) in [5.74, 6) is 0.0705. The van der Waals surface area contributed by atoms with E-state index < -0.39 is 0 Å². The van der Waals surface area contributed by atoms with Gasteiger partial charge in [0.25, 0.3) is 0 Å². The van der Waals surface area contributed by atoms with Gasteiger partial charge in [-0.2, -0.15) is 0 Å². The van der Waals surface area contributed by atoms with E-state index in [1.54, 1.807) is 0 Å². The van der Waals surface area contributed by atoms with Crippen LogP contribution in [0.2, 0.25) is 0 Å². The van der Waals surface area contributed by atoms with Crippen molar-refractivity contribution in [3.8, 4) is 0 Å². The first-order valence-electron chi connectivity index (χ1n) is 11.0. The van der Waals surface area contributed by atoms with Gasteiger partial charge < -0.3 is 15.5 Å². The summed E-state index contributed by atoms with van der Waals surface area (Å²) >= 11 is 0. The first-order valence-corrected chi connectivity index (χ1v) is 11.0. The van der Waals surface area contributed by atoms with Gasteiger partial charge in [0.2, 0.25) is 5.91 Å². The van der Waals surface area contributed by atoms with Crippen LogP contribution >= 0.6 is 0 Å². The number of nitrogens with zero attached hydrogens (tertiary/aromatic N) is 1. The van der Waals surface area contributed by atoms with Gasteiger partial charge in [-0.1, -0.05) is 66.7 Å². The fraction of sp³-hybridized carbons (Fsp3) is 0.308. The highest BCUT2D eigenvalue weighted by Gasteiger charge is 2.42. The van der Waals surface area contributed by atoms with E-state index in [-0.39, 0.29) is 23.5 Å². The SMILES string of the molecule is CC(NC(=O)N1CCC2(CC1)NC(=O)Cc1ccccc12)c1cccc2ccccc12. The average Bonchev–Trinajstić information content (AvgIpc) is 2.79. The zero-order valence-electron chi connectivity index (χ0n) is 17.7. The molecule has 0 saturated carbocycles. The molecule has 5 nitrogen and oxygen atoms in total. The molecule has 2 aliphatic rings. The summed E-state index contributed by atoms with van der Waals surface area (Å²) < 4.78 is 0. The molecule has 5 rings (SSSR count). The molecule has 158 valence electrons. The van der Waals surface area contributed by atoms with E-state index in [0.29, 0.717) is 19.5 Å². The number of benzene rings is 3. The molecule has 0 radical (unpaired) electrons. The Kier molecular flexibility index (Phi) is 4.89. The summed E-state index contributed by atoms with van der Waals surface area (Å²) in [5, 5.41) is 8.75. The van der Waals surface area contributed by atoms with Crippen molar-refractivity contribution < 1.29 is 9.59 Å². The largest absolute Gasteiger partial charge is 0.346 e. The number of likely N-dealkylation sites (tertiary alicyclic amines) is 1. The first kappa shape index (κ1) is 19.6. The summed E-state index contributed by atoms with van der Waals surface area (Å²) in [5.41, 5.74) is 3.07. The van der Waals surface area contributed by atoms with E-state index >= 15 is 0 Å². The zero-order valence-corrected chi connectivity index (χ0v) is 17.7. The molecule has 1 unspecified atom stereocenters. The number of amides is 3. The molecule has 1 spiro atoms. The maximum Gasteiger partial charge on any atom is 0.317 e. The lowest BCUT2D eigenvalue weighted by Crippen LogP contribution is -2.57. The van der Waals surface area contributed by atoms with Crippen LogP contribution in [0, 0.1) is 0 Å². The third-order valence-electron chi connectivity index (χ3n) is 6.80. The summed E-state index contributed by atoms with van der Waals surface area (Å²) in [6.07, 6.45) is 1.89. The molecule has 3 amide bonds. The summed E-state index contributed by atoms with van der Waals surface area (Å²) in [7, 11) is 0. The lowest BCUT2D eigenvalue weighted by atomic mass is 9.75. The van der Waals surface area contributed by atoms with Crippen LogP contribution in [0.1, 0.15) is 42.5 Å². The highest BCUT2D eigenvalue weighted by molar-refractivity contribution is 5.87. The standard InChI is InChI=1S/C26H27N3O2/c1-18(21-11-6-9-19-7-2-4-10-22(19)21)27-25(31)29-15-13-26(14-16-29)23-12-5-3-8-20(23)17-24(30)28-26/h2-12,18H,13-17H2,1H3,(H,27,31)(H,28,30). The van der Waals surface area contributed by atoms with Crippen molar-refractivity contribution in [3.05, 3.63) is 83.4 Å². The maximum atomic E-state index is 13.0. The number of carbonyl (C=O) groups excluding carboxylic acids is 2. The molecule has 1 atom stereocenters. The number of carbonyl (C=O) groups is 2. The van der Waals surface area contributed by atoms with Gasteiger partial charge >= 0.3 is 6.03 Å². The van der Waals surface area contributed by atoms with E-state index in [9.17, 15) is 9.59 Å². The average molecular weight is 414 g/mol. The van der Waals surface area contributed by atoms with Crippen molar-refractivity contribution in [2.45, 2.75) is 37.8 Å². The van der Waals surface area contributed by atoms with Gasteiger partial charge in [0.15, 0.2) is 0 Å². The molecule has 2 aliphatic heterocycles. The smallest absolute Gasteiger partial charge is 0.317 e. The predicted octanol–water partition coefficient (Wildman–Crippen LogP) is 4.27. The summed E-state index contributed by atoms with van der Waals surface area (Å²) in [6, 6.07) is 22.5. The highest BCUT2D eigenvalue weighted by Crippen LogP contribution is 2.38. The van der Waals surface area contributed by atoms with E-state index in [1.165, 1.54) is 10.9 Å². The molecule has 2 heterocycles. The minimum absolute atomic E-state index is 0.0503. The maximum absolute atomic E-state index is 13.0. The molecular weight excluding hydrogens is 386 g/mol. The monoisotopic (exact) mass is 413 g/mol. The Balaban J connectivity index is 1.29. The molecule has 1 fully saturated rings. The van der Waals surface area contributed by atoms with Gasteiger partial charge in [-0.05, 0) is 47.2 Å². The van der Waals surface area contributed by atoms with Crippen LogP contribution in [-0.2, 0) is 16.8 Å². The third-order valence-corrected chi connectivity index (χ3v) is 6.80. The van der Waals surface area contributed by atoms with Crippen molar-refractivity contribution in [2.24, 2.45) is 0 Å². The van der Waals surface area contributed by atoms with E-state index in [2.05, 4.69) is 41.0 Å². The molecule has 3 aromatic rings. The zero-order chi connectivity index (χ0) is 21.4. The fourth-order valence-corrected chi connectivity index (χ4v) is 5.16. The number of urea groups is 1. The van der Waals surface area contributed by atoms with Crippen LogP contribution in [0.3, 0.4) is 0 Å². The molecule has 0 aromatic heterocycles. The number of piperidine rings is 1. The van der Waals surface area contributed by atoms with Gasteiger partial charge in [-0.25, -0.2) is 4.79 Å². The second kappa shape index (κ2) is 7.73. The van der Waals surface area contributed by atoms with Gasteiger partial charge in [-0.15, -0.1) is 0 Å². The molecule has 5 heteroatoms. The molecule has 2 N–H and O–H groups in total. The van der Waals surface area contributed by atoms with Crippen molar-refractivity contribution >= 4 is 22.7 Å². The van der Waals surface area contributed by atoms with Crippen molar-refractivity contribution in [1.29, 1.82) is 0 Å². The van der Waals surface area contributed by atoms with Crippen LogP contribution in [0.15, 0.2) is 66.7 Å². The first-order chi connectivity index (χ1) is 15.1. The van der Waals surface area contributed by atoms with Gasteiger partial charge in [0.05, 0.1) is 18.0 Å². The second-order valence-corrected chi connectivity index (χ2v) is 8.69. The van der Waals surface area contributed by atoms with Crippen LogP contribution in [0.5, 0.6) is 0 Å². The molecular formula is C26H27N3O2. The van der Waals surface area contributed by atoms with E-state index in [0.717, 1.165) is 29.4 Å². The predicted molar refractivity (Wildman–Crippen MR) is 122 cm³/mol. The number of rotatable bonds is 2.